The Bertz CT molecular complexity index is 696. The summed E-state index contributed by atoms with van der Waals surface area (Å²) in [5.74, 6) is -0.0409. The molecule has 2 fully saturated rings. The number of fused-ring (bicyclic) bond motifs is 1. The number of amidine groups is 1. The third kappa shape index (κ3) is 3.56. The van der Waals surface area contributed by atoms with Gasteiger partial charge >= 0.3 is 0 Å². The summed E-state index contributed by atoms with van der Waals surface area (Å²) in [7, 11) is 0. The number of aromatic nitrogens is 1. The summed E-state index contributed by atoms with van der Waals surface area (Å²) in [5.41, 5.74) is 1.26. The predicted molar refractivity (Wildman–Crippen MR) is 103 cm³/mol. The quantitative estimate of drug-likeness (QED) is 0.753. The molecule has 4 rings (SSSR count). The zero-order valence-corrected chi connectivity index (χ0v) is 15.6. The monoisotopic (exact) mass is 375 g/mol. The van der Waals surface area contributed by atoms with E-state index in [4.69, 9.17) is 12.2 Å². The Hall–Kier alpha value is -1.51. The summed E-state index contributed by atoms with van der Waals surface area (Å²) < 4.78 is 0.781. The van der Waals surface area contributed by atoms with E-state index >= 15 is 0 Å². The van der Waals surface area contributed by atoms with Gasteiger partial charge in [-0.25, -0.2) is 0 Å². The second-order valence-electron chi connectivity index (χ2n) is 6.53. The average Bonchev–Trinajstić information content (AvgIpc) is 2.79. The van der Waals surface area contributed by atoms with Gasteiger partial charge in [-0.1, -0.05) is 24.7 Å². The van der Waals surface area contributed by atoms with Crippen molar-refractivity contribution < 1.29 is 4.79 Å². The Labute approximate surface area is 157 Å². The van der Waals surface area contributed by atoms with Crippen LogP contribution in [0.3, 0.4) is 0 Å². The van der Waals surface area contributed by atoms with E-state index in [1.54, 1.807) is 0 Å². The lowest BCUT2D eigenvalue weighted by Crippen LogP contribution is -2.49. The second kappa shape index (κ2) is 7.39. The highest BCUT2D eigenvalue weighted by Crippen LogP contribution is 2.34. The van der Waals surface area contributed by atoms with Crippen LogP contribution in [0.2, 0.25) is 0 Å². The summed E-state index contributed by atoms with van der Waals surface area (Å²) >= 11 is 7.01. The maximum absolute atomic E-state index is 11.8. The Morgan fingerprint density at radius 3 is 3.04 bits per heavy atom. The highest BCUT2D eigenvalue weighted by Gasteiger charge is 2.37. The van der Waals surface area contributed by atoms with Gasteiger partial charge in [0.25, 0.3) is 0 Å². The summed E-state index contributed by atoms with van der Waals surface area (Å²) in [6, 6.07) is 4.53. The largest absolute Gasteiger partial charge is 0.277 e. The minimum atomic E-state index is -0.0409. The van der Waals surface area contributed by atoms with E-state index < -0.39 is 0 Å². The number of hydrogen-bond acceptors (Lipinski definition) is 6. The van der Waals surface area contributed by atoms with Gasteiger partial charge in [-0.2, -0.15) is 4.99 Å². The number of hydrogen-bond donors (Lipinski definition) is 0. The lowest BCUT2D eigenvalue weighted by atomic mass is 9.97. The smallest absolute Gasteiger partial charge is 0.248 e. The minimum Gasteiger partial charge on any atom is -0.277 e. The molecule has 0 aromatic carbocycles. The first-order valence-corrected chi connectivity index (χ1v) is 9.97. The van der Waals surface area contributed by atoms with Gasteiger partial charge in [0.15, 0.2) is 9.49 Å². The fourth-order valence-corrected chi connectivity index (χ4v) is 4.88. The fraction of sp³-hybridized carbons (Fsp3) is 0.529. The number of thiocarbonyl (C=S) groups is 1. The van der Waals surface area contributed by atoms with Crippen molar-refractivity contribution in [3.63, 3.8) is 0 Å². The molecule has 3 aliphatic rings. The van der Waals surface area contributed by atoms with Crippen LogP contribution in [0.1, 0.15) is 43.7 Å². The van der Waals surface area contributed by atoms with Gasteiger partial charge in [-0.05, 0) is 42.7 Å². The van der Waals surface area contributed by atoms with E-state index in [0.717, 1.165) is 42.1 Å². The Morgan fingerprint density at radius 1 is 1.28 bits per heavy atom. The first-order chi connectivity index (χ1) is 12.2. The van der Waals surface area contributed by atoms with Crippen molar-refractivity contribution in [3.05, 3.63) is 30.1 Å². The first-order valence-electron chi connectivity index (χ1n) is 8.74. The van der Waals surface area contributed by atoms with Crippen molar-refractivity contribution in [2.24, 2.45) is 4.99 Å². The number of carbonyl (C=O) groups excluding carboxylic acids is 1. The molecule has 25 heavy (non-hydrogen) atoms. The molecule has 4 heterocycles. The van der Waals surface area contributed by atoms with Crippen molar-refractivity contribution >= 4 is 39.4 Å². The maximum Gasteiger partial charge on any atom is 0.248 e. The van der Waals surface area contributed by atoms with Crippen molar-refractivity contribution in [2.75, 3.05) is 19.8 Å². The Morgan fingerprint density at radius 2 is 2.20 bits per heavy atom. The maximum atomic E-state index is 11.8. The van der Waals surface area contributed by atoms with Crippen molar-refractivity contribution in [1.29, 1.82) is 0 Å². The molecule has 2 saturated heterocycles. The third-order valence-corrected chi connectivity index (χ3v) is 6.21. The number of likely N-dealkylation sites (tertiary alicyclic amines) is 1. The normalized spacial score (nSPS) is 25.0. The number of pyridine rings is 1. The van der Waals surface area contributed by atoms with Gasteiger partial charge < -0.3 is 0 Å². The molecule has 3 aliphatic heterocycles. The van der Waals surface area contributed by atoms with Gasteiger partial charge in [0.05, 0.1) is 6.67 Å². The summed E-state index contributed by atoms with van der Waals surface area (Å²) in [5, 5.41) is 4.95. The van der Waals surface area contributed by atoms with Gasteiger partial charge in [0, 0.05) is 37.9 Å². The molecule has 0 aliphatic carbocycles. The van der Waals surface area contributed by atoms with E-state index in [1.165, 1.54) is 30.2 Å². The highest BCUT2D eigenvalue weighted by molar-refractivity contribution is 8.33. The molecule has 1 amide bonds. The number of rotatable bonds is 3. The standard InChI is InChI=1S/C17H21N5OS2/c23-15-7-4-10-21-16(19-15)25-17(24)22(21)12-20-9-2-1-6-14(20)13-5-3-8-18-11-13/h3,5,8,11,14H,1-2,4,6-7,9-10,12H2/t14-/m1/s1. The molecule has 1 aromatic rings. The van der Waals surface area contributed by atoms with Crippen LogP contribution >= 0.6 is 24.0 Å². The topological polar surface area (TPSA) is 52.0 Å². The number of hydrazine groups is 1. The minimum absolute atomic E-state index is 0.0409. The molecule has 0 unspecified atom stereocenters. The molecule has 132 valence electrons. The van der Waals surface area contributed by atoms with E-state index in [1.807, 2.05) is 18.5 Å². The second-order valence-corrected chi connectivity index (χ2v) is 8.14. The van der Waals surface area contributed by atoms with Crippen LogP contribution < -0.4 is 0 Å². The number of thioether (sulfide) groups is 1. The Balaban J connectivity index is 1.54. The average molecular weight is 376 g/mol. The van der Waals surface area contributed by atoms with Crippen LogP contribution in [-0.4, -0.2) is 55.1 Å². The highest BCUT2D eigenvalue weighted by atomic mass is 32.2. The molecule has 0 N–H and O–H groups in total. The van der Waals surface area contributed by atoms with Crippen LogP contribution in [0, 0.1) is 0 Å². The zero-order chi connectivity index (χ0) is 17.2. The molecule has 0 spiro atoms. The number of carbonyl (C=O) groups is 1. The van der Waals surface area contributed by atoms with Gasteiger partial charge in [0.1, 0.15) is 0 Å². The van der Waals surface area contributed by atoms with Gasteiger partial charge in [-0.3, -0.25) is 24.7 Å². The fourth-order valence-electron chi connectivity index (χ4n) is 3.64. The van der Waals surface area contributed by atoms with Crippen LogP contribution in [0.4, 0.5) is 0 Å². The van der Waals surface area contributed by atoms with E-state index in [-0.39, 0.29) is 5.91 Å². The van der Waals surface area contributed by atoms with E-state index in [9.17, 15) is 4.79 Å². The molecule has 0 saturated carbocycles. The SMILES string of the molecule is O=C1CCCN2C(=N1)SC(=S)N2CN1CCCC[C@@H]1c1cccnc1. The van der Waals surface area contributed by atoms with Crippen LogP contribution in [0.15, 0.2) is 29.5 Å². The molecule has 1 aromatic heterocycles. The number of amides is 1. The molecule has 0 radical (unpaired) electrons. The predicted octanol–water partition coefficient (Wildman–Crippen LogP) is 2.79. The summed E-state index contributed by atoms with van der Waals surface area (Å²) in [4.78, 5) is 22.7. The molecule has 1 atom stereocenters. The van der Waals surface area contributed by atoms with Gasteiger partial charge in [-0.15, -0.1) is 0 Å². The van der Waals surface area contributed by atoms with Gasteiger partial charge in [0.2, 0.25) is 5.91 Å². The third-order valence-electron chi connectivity index (χ3n) is 4.88. The molecule has 0 bridgehead atoms. The number of nitrogens with zero attached hydrogens (tertiary/aromatic N) is 5. The van der Waals surface area contributed by atoms with Crippen LogP contribution in [-0.2, 0) is 4.79 Å². The first kappa shape index (κ1) is 16.9. The van der Waals surface area contributed by atoms with Crippen molar-refractivity contribution in [3.8, 4) is 0 Å². The lowest BCUT2D eigenvalue weighted by Gasteiger charge is -2.40. The van der Waals surface area contributed by atoms with Crippen molar-refractivity contribution in [2.45, 2.75) is 38.1 Å². The zero-order valence-electron chi connectivity index (χ0n) is 14.0. The Kier molecular flexibility index (Phi) is 5.00. The van der Waals surface area contributed by atoms with E-state index in [2.05, 4.69) is 31.0 Å². The molecule has 6 nitrogen and oxygen atoms in total. The number of aliphatic imine (C=N–C) groups is 1. The van der Waals surface area contributed by atoms with E-state index in [0.29, 0.717) is 12.5 Å². The molecular formula is C17H21N5OS2. The summed E-state index contributed by atoms with van der Waals surface area (Å²) in [6.45, 7) is 2.57. The molecular weight excluding hydrogens is 354 g/mol. The van der Waals surface area contributed by atoms with Crippen LogP contribution in [0.25, 0.3) is 0 Å². The molecule has 8 heteroatoms. The van der Waals surface area contributed by atoms with Crippen LogP contribution in [0.5, 0.6) is 0 Å². The van der Waals surface area contributed by atoms with Crippen molar-refractivity contribution in [1.82, 2.24) is 19.9 Å². The lowest BCUT2D eigenvalue weighted by molar-refractivity contribution is -0.117. The number of piperidine rings is 1. The summed E-state index contributed by atoms with van der Waals surface area (Å²) in [6.07, 6.45) is 8.70.